The summed E-state index contributed by atoms with van der Waals surface area (Å²) >= 11 is 0. The van der Waals surface area contributed by atoms with Crippen LogP contribution < -0.4 is 5.73 Å². The van der Waals surface area contributed by atoms with Gasteiger partial charge in [0.05, 0.1) is 12.2 Å². The monoisotopic (exact) mass is 527 g/mol. The minimum absolute atomic E-state index is 0.00673. The van der Waals surface area contributed by atoms with Crippen LogP contribution in [0.25, 0.3) is 0 Å². The zero-order valence-corrected chi connectivity index (χ0v) is 24.8. The molecule has 38 heavy (non-hydrogen) atoms. The first-order valence-corrected chi connectivity index (χ1v) is 14.4. The molecule has 1 rings (SSSR count). The fraction of sp³-hybridized carbons (Fsp3) is 0.636. The van der Waals surface area contributed by atoms with Crippen molar-refractivity contribution in [3.05, 3.63) is 59.7 Å². The molecule has 0 bridgehead atoms. The molecule has 1 aromatic carbocycles. The maximum absolute atomic E-state index is 12.3. The molecule has 0 aromatic heterocycles. The molecule has 0 heterocycles. The predicted octanol–water partition coefficient (Wildman–Crippen LogP) is 6.27. The summed E-state index contributed by atoms with van der Waals surface area (Å²) in [7, 11) is 0. The number of benzene rings is 1. The van der Waals surface area contributed by atoms with Crippen molar-refractivity contribution in [1.82, 2.24) is 0 Å². The molecule has 0 aliphatic rings. The number of carbonyl (C=O) groups excluding carboxylic acids is 2. The van der Waals surface area contributed by atoms with Crippen LogP contribution in [0.15, 0.2) is 54.1 Å². The van der Waals surface area contributed by atoms with Gasteiger partial charge in [0.2, 0.25) is 5.91 Å². The Hall–Kier alpha value is -2.24. The maximum atomic E-state index is 12.3. The van der Waals surface area contributed by atoms with Crippen LogP contribution in [-0.2, 0) is 16.0 Å². The first-order chi connectivity index (χ1) is 17.9. The third-order valence-corrected chi connectivity index (χ3v) is 8.05. The van der Waals surface area contributed by atoms with E-state index in [-0.39, 0.29) is 41.3 Å². The molecule has 1 aromatic rings. The van der Waals surface area contributed by atoms with Gasteiger partial charge < -0.3 is 15.9 Å². The van der Waals surface area contributed by atoms with Crippen molar-refractivity contribution >= 4 is 11.7 Å². The number of ketones is 1. The molecule has 5 nitrogen and oxygen atoms in total. The summed E-state index contributed by atoms with van der Waals surface area (Å²) in [6.07, 6.45) is 8.86. The Morgan fingerprint density at radius 3 is 2.13 bits per heavy atom. The lowest BCUT2D eigenvalue weighted by Crippen LogP contribution is -2.36. The highest BCUT2D eigenvalue weighted by atomic mass is 16.3. The molecule has 4 N–H and O–H groups in total. The lowest BCUT2D eigenvalue weighted by atomic mass is 9.73. The summed E-state index contributed by atoms with van der Waals surface area (Å²) in [5, 5.41) is 22.0. The van der Waals surface area contributed by atoms with E-state index in [9.17, 15) is 19.8 Å². The van der Waals surface area contributed by atoms with Crippen molar-refractivity contribution in [2.24, 2.45) is 41.2 Å². The van der Waals surface area contributed by atoms with Crippen LogP contribution in [0.4, 0.5) is 0 Å². The van der Waals surface area contributed by atoms with Crippen molar-refractivity contribution in [3.63, 3.8) is 0 Å². The molecule has 0 spiro atoms. The fourth-order valence-electron chi connectivity index (χ4n) is 5.60. The third-order valence-electron chi connectivity index (χ3n) is 8.05. The summed E-state index contributed by atoms with van der Waals surface area (Å²) < 4.78 is 0. The third kappa shape index (κ3) is 12.1. The zero-order valence-electron chi connectivity index (χ0n) is 24.8. The Kier molecular flexibility index (Phi) is 15.4. The maximum Gasteiger partial charge on any atom is 0.217 e. The van der Waals surface area contributed by atoms with Crippen LogP contribution >= 0.6 is 0 Å². The Labute approximate surface area is 231 Å². The smallest absolute Gasteiger partial charge is 0.217 e. The van der Waals surface area contributed by atoms with Gasteiger partial charge in [-0.2, -0.15) is 0 Å². The van der Waals surface area contributed by atoms with Crippen LogP contribution in [0.2, 0.25) is 0 Å². The van der Waals surface area contributed by atoms with Crippen LogP contribution in [0.5, 0.6) is 0 Å². The molecule has 5 heteroatoms. The van der Waals surface area contributed by atoms with E-state index in [0.717, 1.165) is 30.4 Å². The Morgan fingerprint density at radius 2 is 1.55 bits per heavy atom. The molecule has 8 unspecified atom stereocenters. The van der Waals surface area contributed by atoms with Crippen molar-refractivity contribution in [3.8, 4) is 0 Å². The van der Waals surface area contributed by atoms with Gasteiger partial charge in [0.1, 0.15) is 0 Å². The topological polar surface area (TPSA) is 101 Å². The first-order valence-electron chi connectivity index (χ1n) is 14.4. The molecule has 0 fully saturated rings. The average Bonchev–Trinajstić information content (AvgIpc) is 2.87. The van der Waals surface area contributed by atoms with Gasteiger partial charge in [-0.3, -0.25) is 9.59 Å². The van der Waals surface area contributed by atoms with Gasteiger partial charge in [0.25, 0.3) is 0 Å². The van der Waals surface area contributed by atoms with Crippen LogP contribution in [-0.4, -0.2) is 34.1 Å². The summed E-state index contributed by atoms with van der Waals surface area (Å²) in [5.74, 6) is -0.225. The SMILES string of the molecule is CCCCC(C)C(CC(N)=O)C(C)C(O)C(C)C/C(C)=C\C(C)C(O)C(C)/C=C\C(=O)Cc1ccccc1. The Balaban J connectivity index is 2.72. The number of nitrogens with two attached hydrogens (primary N) is 1. The van der Waals surface area contributed by atoms with Crippen molar-refractivity contribution in [2.45, 2.75) is 99.2 Å². The number of allylic oxidation sites excluding steroid dienone is 2. The highest BCUT2D eigenvalue weighted by Gasteiger charge is 2.32. The van der Waals surface area contributed by atoms with E-state index >= 15 is 0 Å². The van der Waals surface area contributed by atoms with E-state index in [0.29, 0.717) is 25.2 Å². The second kappa shape index (κ2) is 17.4. The quantitative estimate of drug-likeness (QED) is 0.155. The highest BCUT2D eigenvalue weighted by molar-refractivity contribution is 5.91. The standard InChI is InChI=1S/C33H53NO4/c1-8-9-13-23(3)30(21-31(34)36)27(7)33(38)26(6)19-22(2)18-25(5)32(37)24(4)16-17-29(35)20-28-14-11-10-12-15-28/h10-12,14-18,23-27,30,32-33,37-38H,8-9,13,19-21H2,1-7H3,(H2,34,36)/b17-16-,22-18-. The van der Waals surface area contributed by atoms with Crippen LogP contribution in [0.1, 0.15) is 86.1 Å². The van der Waals surface area contributed by atoms with Gasteiger partial charge in [0, 0.05) is 24.7 Å². The molecule has 0 aliphatic carbocycles. The Morgan fingerprint density at radius 1 is 0.921 bits per heavy atom. The van der Waals surface area contributed by atoms with Crippen molar-refractivity contribution in [2.75, 3.05) is 0 Å². The van der Waals surface area contributed by atoms with Gasteiger partial charge in [-0.25, -0.2) is 0 Å². The van der Waals surface area contributed by atoms with E-state index in [2.05, 4.69) is 19.9 Å². The number of hydrogen-bond acceptors (Lipinski definition) is 4. The number of rotatable bonds is 18. The minimum Gasteiger partial charge on any atom is -0.393 e. The van der Waals surface area contributed by atoms with E-state index in [1.807, 2.05) is 65.0 Å². The lowest BCUT2D eigenvalue weighted by Gasteiger charge is -2.35. The van der Waals surface area contributed by atoms with E-state index in [4.69, 9.17) is 5.73 Å². The lowest BCUT2D eigenvalue weighted by molar-refractivity contribution is -0.120. The van der Waals surface area contributed by atoms with E-state index in [1.54, 1.807) is 12.2 Å². The van der Waals surface area contributed by atoms with Gasteiger partial charge in [0.15, 0.2) is 5.78 Å². The van der Waals surface area contributed by atoms with E-state index < -0.39 is 12.2 Å². The van der Waals surface area contributed by atoms with Crippen molar-refractivity contribution < 1.29 is 19.8 Å². The molecular weight excluding hydrogens is 474 g/mol. The molecule has 0 saturated heterocycles. The average molecular weight is 528 g/mol. The van der Waals surface area contributed by atoms with Gasteiger partial charge in [-0.1, -0.05) is 109 Å². The number of aliphatic hydroxyl groups is 2. The minimum atomic E-state index is -0.621. The number of primary amides is 1. The predicted molar refractivity (Wildman–Crippen MR) is 157 cm³/mol. The van der Waals surface area contributed by atoms with Crippen LogP contribution in [0.3, 0.4) is 0 Å². The number of unbranched alkanes of at least 4 members (excludes halogenated alkanes) is 1. The molecule has 8 atom stereocenters. The Bertz CT molecular complexity index is 894. The molecular formula is C33H53NO4. The van der Waals surface area contributed by atoms with E-state index in [1.165, 1.54) is 0 Å². The summed E-state index contributed by atoms with van der Waals surface area (Å²) in [5.41, 5.74) is 7.64. The van der Waals surface area contributed by atoms with Gasteiger partial charge >= 0.3 is 0 Å². The van der Waals surface area contributed by atoms with Gasteiger partial charge in [-0.05, 0) is 48.7 Å². The summed E-state index contributed by atoms with van der Waals surface area (Å²) in [6, 6.07) is 9.63. The zero-order chi connectivity index (χ0) is 28.8. The molecule has 0 saturated carbocycles. The largest absolute Gasteiger partial charge is 0.393 e. The van der Waals surface area contributed by atoms with Crippen LogP contribution in [0, 0.1) is 35.5 Å². The normalized spacial score (nSPS) is 18.8. The number of aliphatic hydroxyl groups excluding tert-OH is 2. The van der Waals surface area contributed by atoms with Gasteiger partial charge in [-0.15, -0.1) is 0 Å². The van der Waals surface area contributed by atoms with Crippen molar-refractivity contribution in [1.29, 1.82) is 0 Å². The molecule has 214 valence electrons. The fourth-order valence-corrected chi connectivity index (χ4v) is 5.60. The first kappa shape index (κ1) is 33.8. The molecule has 1 amide bonds. The highest BCUT2D eigenvalue weighted by Crippen LogP contribution is 2.34. The number of amides is 1. The second-order valence-corrected chi connectivity index (χ2v) is 11.7. The second-order valence-electron chi connectivity index (χ2n) is 11.7. The summed E-state index contributed by atoms with van der Waals surface area (Å²) in [6.45, 7) is 14.3. The number of carbonyl (C=O) groups is 2. The molecule has 0 aliphatic heterocycles. The molecule has 0 radical (unpaired) electrons. The number of hydrogen-bond donors (Lipinski definition) is 3. The summed E-state index contributed by atoms with van der Waals surface area (Å²) in [4.78, 5) is 24.1.